The Kier molecular flexibility index (Phi) is 5.08. The Morgan fingerprint density at radius 3 is 2.53 bits per heavy atom. The van der Waals surface area contributed by atoms with Gasteiger partial charge in [-0.15, -0.1) is 0 Å². The van der Waals surface area contributed by atoms with E-state index in [-0.39, 0.29) is 13.0 Å². The molecule has 3 unspecified atom stereocenters. The van der Waals surface area contributed by atoms with Crippen LogP contribution >= 0.6 is 0 Å². The number of alkyl halides is 2. The van der Waals surface area contributed by atoms with Crippen molar-refractivity contribution in [2.24, 2.45) is 11.8 Å². The van der Waals surface area contributed by atoms with Gasteiger partial charge in [-0.3, -0.25) is 0 Å². The van der Waals surface area contributed by atoms with E-state index < -0.39 is 42.3 Å². The van der Waals surface area contributed by atoms with Gasteiger partial charge in [0, 0.05) is 12.3 Å². The van der Waals surface area contributed by atoms with Gasteiger partial charge in [-0.2, -0.15) is 0 Å². The highest BCUT2D eigenvalue weighted by atomic mass is 19.3. The Labute approximate surface area is 110 Å². The van der Waals surface area contributed by atoms with Crippen LogP contribution in [-0.2, 0) is 14.3 Å². The normalized spacial score (nSPS) is 26.6. The highest BCUT2D eigenvalue weighted by molar-refractivity contribution is 5.81. The quantitative estimate of drug-likeness (QED) is 0.799. The number of halogens is 2. The minimum Gasteiger partial charge on any atom is -0.464 e. The lowest BCUT2D eigenvalue weighted by molar-refractivity contribution is -0.147. The molecule has 1 saturated carbocycles. The number of amides is 1. The number of hydrogen-bond acceptors (Lipinski definition) is 4. The molecule has 1 fully saturated rings. The molecule has 1 N–H and O–H groups in total. The molecule has 0 radical (unpaired) electrons. The Hall–Kier alpha value is -1.40. The van der Waals surface area contributed by atoms with Gasteiger partial charge < -0.3 is 14.8 Å². The molecule has 0 aliphatic heterocycles. The van der Waals surface area contributed by atoms with E-state index in [1.807, 2.05) is 0 Å². The Balaban J connectivity index is 2.79. The molecule has 1 rings (SSSR count). The number of hydrogen-bond donors (Lipinski definition) is 1. The van der Waals surface area contributed by atoms with Crippen LogP contribution in [0.1, 0.15) is 26.7 Å². The maximum Gasteiger partial charge on any atom is 0.407 e. The van der Waals surface area contributed by atoms with E-state index in [9.17, 15) is 18.4 Å². The number of nitrogens with one attached hydrogen (secondary N) is 1. The van der Waals surface area contributed by atoms with Gasteiger partial charge in [0.2, 0.25) is 0 Å². The number of esters is 1. The molecule has 3 atom stereocenters. The summed E-state index contributed by atoms with van der Waals surface area (Å²) in [6, 6.07) is -1.09. The first-order valence-electron chi connectivity index (χ1n) is 6.20. The lowest BCUT2D eigenvalue weighted by Gasteiger charge is -2.22. The molecule has 1 aliphatic rings. The smallest absolute Gasteiger partial charge is 0.407 e. The molecule has 0 saturated heterocycles. The zero-order valence-electron chi connectivity index (χ0n) is 11.2. The number of rotatable bonds is 4. The average Bonchev–Trinajstić information content (AvgIpc) is 2.60. The third-order valence-corrected chi connectivity index (χ3v) is 3.38. The lowest BCUT2D eigenvalue weighted by Crippen LogP contribution is -2.46. The van der Waals surface area contributed by atoms with Crippen molar-refractivity contribution in [3.05, 3.63) is 0 Å². The van der Waals surface area contributed by atoms with Crippen molar-refractivity contribution in [3.8, 4) is 0 Å². The van der Waals surface area contributed by atoms with Crippen LogP contribution in [0.15, 0.2) is 0 Å². The second-order valence-electron chi connectivity index (χ2n) is 4.73. The number of ether oxygens (including phenoxy) is 2. The molecule has 19 heavy (non-hydrogen) atoms. The highest BCUT2D eigenvalue weighted by Crippen LogP contribution is 2.45. The fourth-order valence-corrected chi connectivity index (χ4v) is 2.30. The third kappa shape index (κ3) is 3.78. The molecule has 110 valence electrons. The maximum absolute atomic E-state index is 13.5. The lowest BCUT2D eigenvalue weighted by atomic mass is 9.97. The van der Waals surface area contributed by atoms with Gasteiger partial charge in [0.15, 0.2) is 0 Å². The third-order valence-electron chi connectivity index (χ3n) is 3.38. The van der Waals surface area contributed by atoms with Crippen LogP contribution in [0.25, 0.3) is 0 Å². The van der Waals surface area contributed by atoms with Crippen molar-refractivity contribution in [1.82, 2.24) is 5.32 Å². The van der Waals surface area contributed by atoms with E-state index in [0.717, 1.165) is 7.11 Å². The van der Waals surface area contributed by atoms with Crippen molar-refractivity contribution < 1.29 is 27.8 Å². The standard InChI is InChI=1S/C12H19F2NO4/c1-4-19-10(16)9(15-11(17)18-3)8-5-7(2)12(13,14)6-8/h7-9H,4-6H2,1-3H3,(H,15,17). The van der Waals surface area contributed by atoms with Gasteiger partial charge in [-0.05, 0) is 19.3 Å². The van der Waals surface area contributed by atoms with Crippen LogP contribution in [-0.4, -0.2) is 37.7 Å². The predicted octanol–water partition coefficient (Wildman–Crippen LogP) is 1.96. The van der Waals surface area contributed by atoms with Crippen LogP contribution in [0.3, 0.4) is 0 Å². The maximum atomic E-state index is 13.5. The number of carbonyl (C=O) groups is 2. The van der Waals surface area contributed by atoms with Crippen molar-refractivity contribution in [3.63, 3.8) is 0 Å². The number of methoxy groups -OCH3 is 1. The molecule has 0 aromatic heterocycles. The summed E-state index contributed by atoms with van der Waals surface area (Å²) in [7, 11) is 1.14. The van der Waals surface area contributed by atoms with Crippen LogP contribution in [0.2, 0.25) is 0 Å². The summed E-state index contributed by atoms with van der Waals surface area (Å²) in [5, 5.41) is 2.28. The fraction of sp³-hybridized carbons (Fsp3) is 0.833. The van der Waals surface area contributed by atoms with E-state index in [2.05, 4.69) is 10.1 Å². The van der Waals surface area contributed by atoms with Crippen LogP contribution in [0.4, 0.5) is 13.6 Å². The summed E-state index contributed by atoms with van der Waals surface area (Å²) in [5.41, 5.74) is 0. The summed E-state index contributed by atoms with van der Waals surface area (Å²) in [6.07, 6.45) is -1.12. The summed E-state index contributed by atoms with van der Waals surface area (Å²) in [5.74, 6) is -5.01. The molecule has 5 nitrogen and oxygen atoms in total. The molecular formula is C12H19F2NO4. The first kappa shape index (κ1) is 15.7. The van der Waals surface area contributed by atoms with Gasteiger partial charge in [0.05, 0.1) is 13.7 Å². The van der Waals surface area contributed by atoms with E-state index in [1.165, 1.54) is 6.92 Å². The van der Waals surface area contributed by atoms with Gasteiger partial charge in [-0.1, -0.05) is 6.92 Å². The minimum absolute atomic E-state index is 0.122. The predicted molar refractivity (Wildman–Crippen MR) is 62.8 cm³/mol. The molecule has 1 aliphatic carbocycles. The van der Waals surface area contributed by atoms with E-state index in [1.54, 1.807) is 6.92 Å². The Bertz CT molecular complexity index is 349. The van der Waals surface area contributed by atoms with E-state index in [0.29, 0.717) is 0 Å². The van der Waals surface area contributed by atoms with Gasteiger partial charge >= 0.3 is 12.1 Å². The molecular weight excluding hydrogens is 260 g/mol. The molecule has 0 spiro atoms. The number of carbonyl (C=O) groups excluding carboxylic acids is 2. The molecule has 0 aromatic carbocycles. The van der Waals surface area contributed by atoms with Crippen molar-refractivity contribution in [2.45, 2.75) is 38.7 Å². The molecule has 0 aromatic rings. The average molecular weight is 279 g/mol. The second kappa shape index (κ2) is 6.16. The van der Waals surface area contributed by atoms with Crippen molar-refractivity contribution in [2.75, 3.05) is 13.7 Å². The number of alkyl carbamates (subject to hydrolysis) is 1. The highest BCUT2D eigenvalue weighted by Gasteiger charge is 2.50. The topological polar surface area (TPSA) is 64.6 Å². The summed E-state index contributed by atoms with van der Waals surface area (Å²) < 4.78 is 36.3. The molecule has 0 bridgehead atoms. The van der Waals surface area contributed by atoms with E-state index in [4.69, 9.17) is 4.74 Å². The summed E-state index contributed by atoms with van der Waals surface area (Å²) in [4.78, 5) is 23.0. The monoisotopic (exact) mass is 279 g/mol. The molecule has 0 heterocycles. The first-order chi connectivity index (χ1) is 8.81. The molecule has 1 amide bonds. The zero-order valence-corrected chi connectivity index (χ0v) is 11.2. The summed E-state index contributed by atoms with van der Waals surface area (Å²) >= 11 is 0. The molecule has 7 heteroatoms. The Morgan fingerprint density at radius 1 is 1.47 bits per heavy atom. The van der Waals surface area contributed by atoms with Crippen molar-refractivity contribution in [1.29, 1.82) is 0 Å². The Morgan fingerprint density at radius 2 is 2.11 bits per heavy atom. The summed E-state index contributed by atoms with van der Waals surface area (Å²) in [6.45, 7) is 3.16. The van der Waals surface area contributed by atoms with Crippen LogP contribution in [0, 0.1) is 11.8 Å². The van der Waals surface area contributed by atoms with Gasteiger partial charge in [0.25, 0.3) is 5.92 Å². The zero-order chi connectivity index (χ0) is 14.6. The largest absolute Gasteiger partial charge is 0.464 e. The van der Waals surface area contributed by atoms with E-state index >= 15 is 0 Å². The van der Waals surface area contributed by atoms with Crippen LogP contribution < -0.4 is 5.32 Å². The van der Waals surface area contributed by atoms with Crippen molar-refractivity contribution >= 4 is 12.1 Å². The fourth-order valence-electron chi connectivity index (χ4n) is 2.30. The van der Waals surface area contributed by atoms with Gasteiger partial charge in [-0.25, -0.2) is 18.4 Å². The SMILES string of the molecule is CCOC(=O)C(NC(=O)OC)C1CC(C)C(F)(F)C1. The second-order valence-corrected chi connectivity index (χ2v) is 4.73. The minimum atomic E-state index is -2.83. The first-order valence-corrected chi connectivity index (χ1v) is 6.20. The van der Waals surface area contributed by atoms with Crippen LogP contribution in [0.5, 0.6) is 0 Å². The van der Waals surface area contributed by atoms with Gasteiger partial charge in [0.1, 0.15) is 6.04 Å².